The smallest absolute Gasteiger partial charge is 0.261 e. The fourth-order valence-electron chi connectivity index (χ4n) is 2.22. The number of hydrogen-bond donors (Lipinski definition) is 3. The van der Waals surface area contributed by atoms with Crippen molar-refractivity contribution >= 4 is 38.7 Å². The summed E-state index contributed by atoms with van der Waals surface area (Å²) in [6.07, 6.45) is 1.58. The van der Waals surface area contributed by atoms with Crippen molar-refractivity contribution < 1.29 is 12.8 Å². The van der Waals surface area contributed by atoms with Crippen molar-refractivity contribution in [2.45, 2.75) is 11.4 Å². The highest BCUT2D eigenvalue weighted by atomic mass is 32.2. The van der Waals surface area contributed by atoms with Crippen LogP contribution in [-0.4, -0.2) is 13.5 Å². The maximum absolute atomic E-state index is 12.5. The number of nitrogens with one attached hydrogen (secondary N) is 3. The van der Waals surface area contributed by atoms with Gasteiger partial charge in [0, 0.05) is 11.4 Å². The van der Waals surface area contributed by atoms with Crippen LogP contribution in [0.25, 0.3) is 0 Å². The van der Waals surface area contributed by atoms with Crippen LogP contribution >= 0.6 is 12.2 Å². The second kappa shape index (κ2) is 8.03. The molecule has 0 aliphatic rings. The molecule has 1 aromatic heterocycles. The zero-order chi connectivity index (χ0) is 18.4. The Balaban J connectivity index is 1.66. The summed E-state index contributed by atoms with van der Waals surface area (Å²) in [5.41, 5.74) is 1.07. The minimum atomic E-state index is -3.69. The van der Waals surface area contributed by atoms with Crippen molar-refractivity contribution in [3.05, 3.63) is 78.8 Å². The van der Waals surface area contributed by atoms with Crippen LogP contribution in [-0.2, 0) is 16.6 Å². The largest absolute Gasteiger partial charge is 0.467 e. The fourth-order valence-corrected chi connectivity index (χ4v) is 3.51. The lowest BCUT2D eigenvalue weighted by molar-refractivity contribution is 0.503. The summed E-state index contributed by atoms with van der Waals surface area (Å²) in [5, 5.41) is 6.33. The van der Waals surface area contributed by atoms with E-state index in [0.29, 0.717) is 23.0 Å². The van der Waals surface area contributed by atoms with Gasteiger partial charge in [-0.15, -0.1) is 0 Å². The van der Waals surface area contributed by atoms with Gasteiger partial charge in [-0.25, -0.2) is 8.42 Å². The van der Waals surface area contributed by atoms with Gasteiger partial charge in [-0.3, -0.25) is 4.72 Å². The van der Waals surface area contributed by atoms with Crippen LogP contribution in [0.5, 0.6) is 0 Å². The van der Waals surface area contributed by atoms with Crippen molar-refractivity contribution in [3.63, 3.8) is 0 Å². The Morgan fingerprint density at radius 1 is 0.962 bits per heavy atom. The molecule has 0 aliphatic carbocycles. The quantitative estimate of drug-likeness (QED) is 0.561. The molecule has 0 radical (unpaired) electrons. The lowest BCUT2D eigenvalue weighted by Crippen LogP contribution is -2.27. The second-order valence-electron chi connectivity index (χ2n) is 5.39. The molecular weight excluding hydrogens is 370 g/mol. The summed E-state index contributed by atoms with van der Waals surface area (Å²) in [7, 11) is -3.69. The molecule has 3 N–H and O–H groups in total. The van der Waals surface area contributed by atoms with Crippen LogP contribution in [0.4, 0.5) is 11.4 Å². The van der Waals surface area contributed by atoms with Crippen LogP contribution in [0.1, 0.15) is 5.76 Å². The Morgan fingerprint density at radius 3 is 2.46 bits per heavy atom. The van der Waals surface area contributed by atoms with Gasteiger partial charge in [0.1, 0.15) is 5.76 Å². The Labute approximate surface area is 157 Å². The van der Waals surface area contributed by atoms with Crippen molar-refractivity contribution in [1.29, 1.82) is 0 Å². The van der Waals surface area contributed by atoms with Crippen molar-refractivity contribution in [1.82, 2.24) is 5.32 Å². The minimum absolute atomic E-state index is 0.139. The highest BCUT2D eigenvalue weighted by molar-refractivity contribution is 7.92. The van der Waals surface area contributed by atoms with E-state index in [9.17, 15) is 8.42 Å². The van der Waals surface area contributed by atoms with E-state index in [2.05, 4.69) is 15.4 Å². The van der Waals surface area contributed by atoms with Crippen molar-refractivity contribution in [2.24, 2.45) is 0 Å². The van der Waals surface area contributed by atoms with Gasteiger partial charge in [-0.05, 0) is 54.7 Å². The summed E-state index contributed by atoms with van der Waals surface area (Å²) < 4.78 is 32.8. The zero-order valence-electron chi connectivity index (χ0n) is 13.7. The van der Waals surface area contributed by atoms with Crippen LogP contribution in [0.2, 0.25) is 0 Å². The predicted octanol–water partition coefficient (Wildman–Crippen LogP) is 3.57. The number of thiocarbonyl (C=S) groups is 1. The van der Waals surface area contributed by atoms with E-state index >= 15 is 0 Å². The number of rotatable bonds is 6. The molecule has 0 saturated carbocycles. The van der Waals surface area contributed by atoms with Gasteiger partial charge < -0.3 is 15.1 Å². The summed E-state index contributed by atoms with van der Waals surface area (Å²) >= 11 is 5.22. The zero-order valence-corrected chi connectivity index (χ0v) is 15.3. The summed E-state index contributed by atoms with van der Waals surface area (Å²) in [5.74, 6) is 0.748. The molecule has 0 aliphatic heterocycles. The molecule has 26 heavy (non-hydrogen) atoms. The van der Waals surface area contributed by atoms with E-state index < -0.39 is 10.0 Å². The van der Waals surface area contributed by atoms with E-state index in [4.69, 9.17) is 16.6 Å². The van der Waals surface area contributed by atoms with Crippen LogP contribution < -0.4 is 15.4 Å². The molecule has 134 valence electrons. The first-order valence-corrected chi connectivity index (χ1v) is 9.67. The number of sulfonamides is 1. The van der Waals surface area contributed by atoms with Gasteiger partial charge in [0.2, 0.25) is 0 Å². The lowest BCUT2D eigenvalue weighted by Gasteiger charge is -2.12. The highest BCUT2D eigenvalue weighted by Gasteiger charge is 2.14. The number of anilines is 2. The molecule has 2 aromatic carbocycles. The lowest BCUT2D eigenvalue weighted by atomic mass is 10.3. The first-order valence-electron chi connectivity index (χ1n) is 7.78. The molecule has 8 heteroatoms. The molecule has 3 aromatic rings. The first kappa shape index (κ1) is 18.0. The Hall–Kier alpha value is -2.84. The third-order valence-corrected chi connectivity index (χ3v) is 5.06. The monoisotopic (exact) mass is 387 g/mol. The van der Waals surface area contributed by atoms with E-state index in [0.717, 1.165) is 5.76 Å². The van der Waals surface area contributed by atoms with Crippen molar-refractivity contribution in [3.8, 4) is 0 Å². The molecule has 0 unspecified atom stereocenters. The Morgan fingerprint density at radius 2 is 1.73 bits per heavy atom. The van der Waals surface area contributed by atoms with E-state index in [-0.39, 0.29) is 4.90 Å². The molecular formula is C18H17N3O3S2. The average molecular weight is 387 g/mol. The van der Waals surface area contributed by atoms with Gasteiger partial charge in [0.05, 0.1) is 17.7 Å². The van der Waals surface area contributed by atoms with Crippen LogP contribution in [0.3, 0.4) is 0 Å². The molecule has 0 atom stereocenters. The topological polar surface area (TPSA) is 83.4 Å². The highest BCUT2D eigenvalue weighted by Crippen LogP contribution is 2.19. The maximum atomic E-state index is 12.5. The van der Waals surface area contributed by atoms with Gasteiger partial charge >= 0.3 is 0 Å². The molecule has 6 nitrogen and oxygen atoms in total. The second-order valence-corrected chi connectivity index (χ2v) is 7.48. The van der Waals surface area contributed by atoms with Gasteiger partial charge in [-0.1, -0.05) is 24.3 Å². The Kier molecular flexibility index (Phi) is 5.55. The summed E-state index contributed by atoms with van der Waals surface area (Å²) in [4.78, 5) is 0.139. The summed E-state index contributed by atoms with van der Waals surface area (Å²) in [6, 6.07) is 18.8. The fraction of sp³-hybridized carbons (Fsp3) is 0.0556. The molecule has 0 saturated heterocycles. The van der Waals surface area contributed by atoms with Crippen LogP contribution in [0, 0.1) is 0 Å². The van der Waals surface area contributed by atoms with Gasteiger partial charge in [0.25, 0.3) is 10.0 Å². The standard InChI is InChI=1S/C18H17N3O3S2/c22-26(23,21-14-6-2-1-3-7-14)17-10-4-8-15(12-17)20-18(25)19-13-16-9-5-11-24-16/h1-12,21H,13H2,(H2,19,20,25). The molecule has 0 bridgehead atoms. The third-order valence-electron chi connectivity index (χ3n) is 3.43. The average Bonchev–Trinajstić information content (AvgIpc) is 3.14. The number of hydrogen-bond acceptors (Lipinski definition) is 4. The molecule has 0 amide bonds. The molecule has 3 rings (SSSR count). The van der Waals surface area contributed by atoms with Crippen LogP contribution in [0.15, 0.2) is 82.3 Å². The molecule has 0 fully saturated rings. The molecule has 0 spiro atoms. The first-order chi connectivity index (χ1) is 12.5. The van der Waals surface area contributed by atoms with E-state index in [1.54, 1.807) is 48.7 Å². The maximum Gasteiger partial charge on any atom is 0.261 e. The SMILES string of the molecule is O=S(=O)(Nc1ccccc1)c1cccc(NC(=S)NCc2ccco2)c1. The Bertz CT molecular complexity index is 972. The predicted molar refractivity (Wildman–Crippen MR) is 105 cm³/mol. The summed E-state index contributed by atoms with van der Waals surface area (Å²) in [6.45, 7) is 0.437. The minimum Gasteiger partial charge on any atom is -0.467 e. The van der Waals surface area contributed by atoms with Gasteiger partial charge in [0.15, 0.2) is 5.11 Å². The van der Waals surface area contributed by atoms with E-state index in [1.807, 2.05) is 12.1 Å². The number of benzene rings is 2. The number of para-hydroxylation sites is 1. The van der Waals surface area contributed by atoms with E-state index in [1.165, 1.54) is 12.1 Å². The van der Waals surface area contributed by atoms with Crippen molar-refractivity contribution in [2.75, 3.05) is 10.0 Å². The third kappa shape index (κ3) is 4.84. The number of furan rings is 1. The normalized spacial score (nSPS) is 10.9. The molecule has 1 heterocycles. The van der Waals surface area contributed by atoms with Gasteiger partial charge in [-0.2, -0.15) is 0 Å².